The summed E-state index contributed by atoms with van der Waals surface area (Å²) in [6.45, 7) is 0. The third-order valence-electron chi connectivity index (χ3n) is 11.5. The Hall–Kier alpha value is -7.56. The molecule has 4 heteroatoms. The zero-order valence-corrected chi connectivity index (χ0v) is 30.3. The van der Waals surface area contributed by atoms with Crippen molar-refractivity contribution in [3.05, 3.63) is 200 Å². The number of benzene rings is 9. The van der Waals surface area contributed by atoms with E-state index in [0.717, 1.165) is 55.9 Å². The summed E-state index contributed by atoms with van der Waals surface area (Å²) in [4.78, 5) is 2.35. The molecule has 0 aliphatic heterocycles. The first-order chi connectivity index (χ1) is 27.8. The van der Waals surface area contributed by atoms with Gasteiger partial charge in [0, 0.05) is 66.8 Å². The van der Waals surface area contributed by atoms with E-state index >= 15 is 0 Å². The number of nitrogens with zero attached hydrogens (tertiary/aromatic N) is 3. The summed E-state index contributed by atoms with van der Waals surface area (Å²) in [5.41, 5.74) is 11.9. The number of para-hydroxylation sites is 4. The largest absolute Gasteiger partial charge is 0.456 e. The Kier molecular flexibility index (Phi) is 6.60. The molecule has 0 radical (unpaired) electrons. The average Bonchev–Trinajstić information content (AvgIpc) is 3.92. The minimum absolute atomic E-state index is 0.863. The van der Waals surface area contributed by atoms with Gasteiger partial charge in [-0.15, -0.1) is 0 Å². The molecule has 0 spiro atoms. The maximum absolute atomic E-state index is 6.45. The molecule has 12 rings (SSSR count). The highest BCUT2D eigenvalue weighted by atomic mass is 16.3. The van der Waals surface area contributed by atoms with Crippen molar-refractivity contribution >= 4 is 93.4 Å². The SMILES string of the molecule is c1ccc(-n2c3ccccc3c3ccc(N(c4ccc(-n5c6ccccc6c6c7ccccc7ccc65)cc4)c4ccc5c(c4)oc4ccccc45)cc32)cc1. The van der Waals surface area contributed by atoms with Crippen molar-refractivity contribution in [2.45, 2.75) is 0 Å². The second-order valence-electron chi connectivity index (χ2n) is 14.6. The lowest BCUT2D eigenvalue weighted by Gasteiger charge is -2.26. The van der Waals surface area contributed by atoms with Gasteiger partial charge in [-0.3, -0.25) is 0 Å². The predicted octanol–water partition coefficient (Wildman–Crippen LogP) is 14.4. The molecule has 3 heterocycles. The topological polar surface area (TPSA) is 26.2 Å². The summed E-state index contributed by atoms with van der Waals surface area (Å²) in [5.74, 6) is 0. The molecule has 0 N–H and O–H groups in total. The van der Waals surface area contributed by atoms with Crippen LogP contribution >= 0.6 is 0 Å². The maximum atomic E-state index is 6.45. The highest BCUT2D eigenvalue weighted by Gasteiger charge is 2.20. The molecule has 56 heavy (non-hydrogen) atoms. The van der Waals surface area contributed by atoms with Gasteiger partial charge in [-0.1, -0.05) is 109 Å². The van der Waals surface area contributed by atoms with Crippen molar-refractivity contribution in [3.8, 4) is 11.4 Å². The molecule has 0 unspecified atom stereocenters. The molecule has 0 atom stereocenters. The van der Waals surface area contributed by atoms with E-state index in [-0.39, 0.29) is 0 Å². The number of aromatic nitrogens is 2. The van der Waals surface area contributed by atoms with E-state index in [2.05, 4.69) is 202 Å². The first-order valence-corrected chi connectivity index (χ1v) is 19.1. The Bertz CT molecular complexity index is 3480. The molecule has 0 aliphatic carbocycles. The molecular formula is C52H33N3O. The van der Waals surface area contributed by atoms with Gasteiger partial charge in [-0.05, 0) is 95.7 Å². The smallest absolute Gasteiger partial charge is 0.137 e. The van der Waals surface area contributed by atoms with Crippen LogP contribution in [0.4, 0.5) is 17.1 Å². The Morgan fingerprint density at radius 2 is 0.875 bits per heavy atom. The summed E-state index contributed by atoms with van der Waals surface area (Å²) >= 11 is 0. The van der Waals surface area contributed by atoms with E-state index in [9.17, 15) is 0 Å². The average molecular weight is 716 g/mol. The molecule has 4 nitrogen and oxygen atoms in total. The zero-order chi connectivity index (χ0) is 36.7. The first kappa shape index (κ1) is 30.9. The van der Waals surface area contributed by atoms with Crippen molar-refractivity contribution in [1.82, 2.24) is 9.13 Å². The third kappa shape index (κ3) is 4.53. The van der Waals surface area contributed by atoms with E-state index in [1.165, 1.54) is 48.9 Å². The molecule has 0 fully saturated rings. The van der Waals surface area contributed by atoms with E-state index in [1.54, 1.807) is 0 Å². The lowest BCUT2D eigenvalue weighted by molar-refractivity contribution is 0.669. The van der Waals surface area contributed by atoms with Crippen molar-refractivity contribution in [2.24, 2.45) is 0 Å². The molecule has 0 amide bonds. The van der Waals surface area contributed by atoms with Crippen LogP contribution in [-0.2, 0) is 0 Å². The Morgan fingerprint density at radius 1 is 0.321 bits per heavy atom. The number of furan rings is 1. The highest BCUT2D eigenvalue weighted by Crippen LogP contribution is 2.43. The van der Waals surface area contributed by atoms with Crippen LogP contribution in [0.1, 0.15) is 0 Å². The number of hydrogen-bond donors (Lipinski definition) is 0. The van der Waals surface area contributed by atoms with Crippen LogP contribution in [-0.4, -0.2) is 9.13 Å². The lowest BCUT2D eigenvalue weighted by Crippen LogP contribution is -2.10. The standard InChI is InChI=1S/C52H33N3O/c1-2-13-35(14-3-1)55-46-19-9-6-16-41(46)42-29-27-38(32-49(42)55)53(39-28-30-44-43-17-8-11-21-50(43)56-51(44)33-39)36-23-25-37(26-24-36)54-47-20-10-7-18-45(47)52-40-15-5-4-12-34(40)22-31-48(52)54/h1-33H. The van der Waals surface area contributed by atoms with E-state index in [4.69, 9.17) is 4.42 Å². The minimum Gasteiger partial charge on any atom is -0.456 e. The van der Waals surface area contributed by atoms with E-state index < -0.39 is 0 Å². The summed E-state index contributed by atoms with van der Waals surface area (Å²) in [5, 5.41) is 9.74. The van der Waals surface area contributed by atoms with Gasteiger partial charge < -0.3 is 18.5 Å². The summed E-state index contributed by atoms with van der Waals surface area (Å²) in [6, 6.07) is 72.0. The van der Waals surface area contributed by atoms with Gasteiger partial charge >= 0.3 is 0 Å². The number of fused-ring (bicyclic) bond motifs is 11. The van der Waals surface area contributed by atoms with Crippen LogP contribution in [0.2, 0.25) is 0 Å². The van der Waals surface area contributed by atoms with Crippen LogP contribution in [0.25, 0.3) is 87.7 Å². The summed E-state index contributed by atoms with van der Waals surface area (Å²) in [6.07, 6.45) is 0. The van der Waals surface area contributed by atoms with Crippen LogP contribution in [0.5, 0.6) is 0 Å². The molecule has 12 aromatic rings. The Labute approximate surface area is 322 Å². The molecule has 0 saturated carbocycles. The summed E-state index contributed by atoms with van der Waals surface area (Å²) in [7, 11) is 0. The Balaban J connectivity index is 1.07. The van der Waals surface area contributed by atoms with Gasteiger partial charge in [0.1, 0.15) is 11.2 Å². The molecular weight excluding hydrogens is 683 g/mol. The normalized spacial score (nSPS) is 11.9. The zero-order valence-electron chi connectivity index (χ0n) is 30.3. The molecule has 262 valence electrons. The summed E-state index contributed by atoms with van der Waals surface area (Å²) < 4.78 is 11.2. The first-order valence-electron chi connectivity index (χ1n) is 19.1. The van der Waals surface area contributed by atoms with Crippen LogP contribution in [0, 0.1) is 0 Å². The third-order valence-corrected chi connectivity index (χ3v) is 11.5. The monoisotopic (exact) mass is 715 g/mol. The predicted molar refractivity (Wildman–Crippen MR) is 235 cm³/mol. The molecule has 9 aromatic carbocycles. The fraction of sp³-hybridized carbons (Fsp3) is 0. The van der Waals surface area contributed by atoms with Gasteiger partial charge in [-0.25, -0.2) is 0 Å². The quantitative estimate of drug-likeness (QED) is 0.177. The van der Waals surface area contributed by atoms with Gasteiger partial charge in [0.15, 0.2) is 0 Å². The van der Waals surface area contributed by atoms with Gasteiger partial charge in [0.05, 0.1) is 22.1 Å². The Morgan fingerprint density at radius 3 is 1.70 bits per heavy atom. The molecule has 3 aromatic heterocycles. The maximum Gasteiger partial charge on any atom is 0.137 e. The van der Waals surface area contributed by atoms with Gasteiger partial charge in [0.25, 0.3) is 0 Å². The fourth-order valence-electron chi connectivity index (χ4n) is 9.02. The second kappa shape index (κ2) is 12.0. The van der Waals surface area contributed by atoms with Crippen molar-refractivity contribution < 1.29 is 4.42 Å². The molecule has 0 bridgehead atoms. The van der Waals surface area contributed by atoms with Crippen LogP contribution < -0.4 is 4.90 Å². The number of rotatable bonds is 5. The van der Waals surface area contributed by atoms with Gasteiger partial charge in [0.2, 0.25) is 0 Å². The van der Waals surface area contributed by atoms with Gasteiger partial charge in [-0.2, -0.15) is 0 Å². The van der Waals surface area contributed by atoms with Crippen molar-refractivity contribution in [2.75, 3.05) is 4.90 Å². The highest BCUT2D eigenvalue weighted by molar-refractivity contribution is 6.21. The lowest BCUT2D eigenvalue weighted by atomic mass is 10.0. The van der Waals surface area contributed by atoms with E-state index in [1.807, 2.05) is 12.1 Å². The van der Waals surface area contributed by atoms with E-state index in [0.29, 0.717) is 0 Å². The van der Waals surface area contributed by atoms with Crippen LogP contribution in [0.3, 0.4) is 0 Å². The number of anilines is 3. The molecule has 0 saturated heterocycles. The van der Waals surface area contributed by atoms with Crippen molar-refractivity contribution in [3.63, 3.8) is 0 Å². The fourth-order valence-corrected chi connectivity index (χ4v) is 9.02. The minimum atomic E-state index is 0.863. The van der Waals surface area contributed by atoms with Crippen LogP contribution in [0.15, 0.2) is 205 Å². The number of hydrogen-bond acceptors (Lipinski definition) is 2. The molecule has 0 aliphatic rings. The van der Waals surface area contributed by atoms with Crippen molar-refractivity contribution in [1.29, 1.82) is 0 Å². The second-order valence-corrected chi connectivity index (χ2v) is 14.6.